The highest BCUT2D eigenvalue weighted by molar-refractivity contribution is 6.04. The molecule has 3 nitrogen and oxygen atoms in total. The Labute approximate surface area is 78.2 Å². The molecule has 0 aliphatic carbocycles. The standard InChI is InChI=1S/C10H14N2O/c1-3-10(12-13-2)8-6-4-5-7-9(8)11/h4-7H,3,11H2,1-2H3/b12-10-. The number of rotatable bonds is 3. The number of para-hydroxylation sites is 1. The Kier molecular flexibility index (Phi) is 3.31. The predicted octanol–water partition coefficient (Wildman–Crippen LogP) is 2.03. The van der Waals surface area contributed by atoms with Crippen molar-refractivity contribution in [2.75, 3.05) is 12.8 Å². The van der Waals surface area contributed by atoms with E-state index in [1.807, 2.05) is 31.2 Å². The summed E-state index contributed by atoms with van der Waals surface area (Å²) in [6.07, 6.45) is 0.808. The van der Waals surface area contributed by atoms with E-state index in [4.69, 9.17) is 10.6 Å². The van der Waals surface area contributed by atoms with Crippen LogP contribution in [0, 0.1) is 0 Å². The highest BCUT2D eigenvalue weighted by Gasteiger charge is 2.04. The molecule has 70 valence electrons. The van der Waals surface area contributed by atoms with E-state index in [1.165, 1.54) is 7.11 Å². The molecule has 13 heavy (non-hydrogen) atoms. The first-order chi connectivity index (χ1) is 6.29. The van der Waals surface area contributed by atoms with Crippen molar-refractivity contribution in [3.05, 3.63) is 29.8 Å². The number of benzene rings is 1. The van der Waals surface area contributed by atoms with Crippen molar-refractivity contribution in [1.82, 2.24) is 0 Å². The van der Waals surface area contributed by atoms with E-state index in [2.05, 4.69) is 5.16 Å². The Morgan fingerprint density at radius 1 is 1.46 bits per heavy atom. The molecule has 0 saturated carbocycles. The molecule has 0 aliphatic rings. The average molecular weight is 178 g/mol. The molecule has 0 radical (unpaired) electrons. The summed E-state index contributed by atoms with van der Waals surface area (Å²) in [4.78, 5) is 4.74. The van der Waals surface area contributed by atoms with Crippen LogP contribution >= 0.6 is 0 Å². The third-order valence-corrected chi connectivity index (χ3v) is 1.81. The lowest BCUT2D eigenvalue weighted by molar-refractivity contribution is 0.213. The van der Waals surface area contributed by atoms with Crippen LogP contribution < -0.4 is 5.73 Å². The van der Waals surface area contributed by atoms with Crippen LogP contribution in [0.2, 0.25) is 0 Å². The summed E-state index contributed by atoms with van der Waals surface area (Å²) in [5.74, 6) is 0. The maximum absolute atomic E-state index is 5.79. The first kappa shape index (κ1) is 9.58. The number of anilines is 1. The van der Waals surface area contributed by atoms with Gasteiger partial charge in [0.15, 0.2) is 0 Å². The fourth-order valence-electron chi connectivity index (χ4n) is 1.17. The molecule has 0 unspecified atom stereocenters. The number of nitrogens with zero attached hydrogens (tertiary/aromatic N) is 1. The van der Waals surface area contributed by atoms with Gasteiger partial charge in [-0.2, -0.15) is 0 Å². The summed E-state index contributed by atoms with van der Waals surface area (Å²) in [5.41, 5.74) is 8.35. The normalized spacial score (nSPS) is 11.4. The molecule has 0 heterocycles. The lowest BCUT2D eigenvalue weighted by Crippen LogP contribution is -2.03. The molecule has 0 atom stereocenters. The quantitative estimate of drug-likeness (QED) is 0.437. The van der Waals surface area contributed by atoms with Crippen LogP contribution in [0.5, 0.6) is 0 Å². The van der Waals surface area contributed by atoms with Crippen LogP contribution in [-0.2, 0) is 4.84 Å². The van der Waals surface area contributed by atoms with Gasteiger partial charge >= 0.3 is 0 Å². The lowest BCUT2D eigenvalue weighted by Gasteiger charge is -2.05. The van der Waals surface area contributed by atoms with E-state index in [0.29, 0.717) is 0 Å². The molecule has 0 spiro atoms. The van der Waals surface area contributed by atoms with E-state index < -0.39 is 0 Å². The molecule has 0 aliphatic heterocycles. The van der Waals surface area contributed by atoms with Crippen molar-refractivity contribution < 1.29 is 4.84 Å². The van der Waals surface area contributed by atoms with E-state index >= 15 is 0 Å². The van der Waals surface area contributed by atoms with Crippen molar-refractivity contribution in [2.24, 2.45) is 5.16 Å². The topological polar surface area (TPSA) is 47.6 Å². The minimum atomic E-state index is 0.736. The Balaban J connectivity index is 3.05. The van der Waals surface area contributed by atoms with Gasteiger partial charge in [0.05, 0.1) is 5.71 Å². The Morgan fingerprint density at radius 3 is 2.69 bits per heavy atom. The van der Waals surface area contributed by atoms with Crippen LogP contribution in [0.1, 0.15) is 18.9 Å². The van der Waals surface area contributed by atoms with Gasteiger partial charge < -0.3 is 10.6 Å². The number of hydrogen-bond acceptors (Lipinski definition) is 3. The van der Waals surface area contributed by atoms with E-state index in [9.17, 15) is 0 Å². The van der Waals surface area contributed by atoms with Gasteiger partial charge in [-0.1, -0.05) is 30.3 Å². The third kappa shape index (κ3) is 2.21. The van der Waals surface area contributed by atoms with Gasteiger partial charge in [-0.05, 0) is 12.5 Å². The SMILES string of the molecule is CC/C(=N/OC)c1ccccc1N. The van der Waals surface area contributed by atoms with Gasteiger partial charge in [-0.25, -0.2) is 0 Å². The highest BCUT2D eigenvalue weighted by atomic mass is 16.6. The summed E-state index contributed by atoms with van der Waals surface area (Å²) >= 11 is 0. The fraction of sp³-hybridized carbons (Fsp3) is 0.300. The highest BCUT2D eigenvalue weighted by Crippen LogP contribution is 2.13. The van der Waals surface area contributed by atoms with Crippen LogP contribution in [0.4, 0.5) is 5.69 Å². The monoisotopic (exact) mass is 178 g/mol. The zero-order chi connectivity index (χ0) is 9.68. The summed E-state index contributed by atoms with van der Waals surface area (Å²) < 4.78 is 0. The first-order valence-corrected chi connectivity index (χ1v) is 4.24. The maximum atomic E-state index is 5.79. The van der Waals surface area contributed by atoms with Crippen LogP contribution in [0.25, 0.3) is 0 Å². The zero-order valence-corrected chi connectivity index (χ0v) is 7.95. The second kappa shape index (κ2) is 4.50. The van der Waals surface area contributed by atoms with Crippen LogP contribution in [-0.4, -0.2) is 12.8 Å². The molecular formula is C10H14N2O. The number of hydrogen-bond donors (Lipinski definition) is 1. The van der Waals surface area contributed by atoms with Crippen molar-refractivity contribution in [2.45, 2.75) is 13.3 Å². The second-order valence-corrected chi connectivity index (χ2v) is 2.66. The molecule has 2 N–H and O–H groups in total. The van der Waals surface area contributed by atoms with Gasteiger partial charge in [0, 0.05) is 11.3 Å². The van der Waals surface area contributed by atoms with E-state index in [1.54, 1.807) is 0 Å². The summed E-state index contributed by atoms with van der Waals surface area (Å²) in [6.45, 7) is 2.02. The van der Waals surface area contributed by atoms with Gasteiger partial charge in [-0.15, -0.1) is 0 Å². The minimum absolute atomic E-state index is 0.736. The average Bonchev–Trinajstić information content (AvgIpc) is 2.16. The maximum Gasteiger partial charge on any atom is 0.106 e. The molecule has 1 rings (SSSR count). The minimum Gasteiger partial charge on any atom is -0.399 e. The first-order valence-electron chi connectivity index (χ1n) is 4.24. The van der Waals surface area contributed by atoms with Gasteiger partial charge in [0.1, 0.15) is 7.11 Å². The molecule has 0 aromatic heterocycles. The largest absolute Gasteiger partial charge is 0.399 e. The Hall–Kier alpha value is -1.51. The Morgan fingerprint density at radius 2 is 2.15 bits per heavy atom. The molecule has 0 bridgehead atoms. The van der Waals surface area contributed by atoms with E-state index in [-0.39, 0.29) is 0 Å². The molecule has 1 aromatic rings. The summed E-state index contributed by atoms with van der Waals surface area (Å²) in [6, 6.07) is 7.64. The van der Waals surface area contributed by atoms with Crippen molar-refractivity contribution in [3.8, 4) is 0 Å². The molecule has 1 aromatic carbocycles. The van der Waals surface area contributed by atoms with Crippen LogP contribution in [0.3, 0.4) is 0 Å². The molecule has 0 fully saturated rings. The van der Waals surface area contributed by atoms with Crippen molar-refractivity contribution >= 4 is 11.4 Å². The molecule has 0 saturated heterocycles. The summed E-state index contributed by atoms with van der Waals surface area (Å²) in [7, 11) is 1.54. The van der Waals surface area contributed by atoms with Gasteiger partial charge in [-0.3, -0.25) is 0 Å². The fourth-order valence-corrected chi connectivity index (χ4v) is 1.17. The van der Waals surface area contributed by atoms with Crippen molar-refractivity contribution in [3.63, 3.8) is 0 Å². The molecule has 3 heteroatoms. The van der Waals surface area contributed by atoms with Crippen molar-refractivity contribution in [1.29, 1.82) is 0 Å². The molecule has 0 amide bonds. The van der Waals surface area contributed by atoms with Gasteiger partial charge in [0.25, 0.3) is 0 Å². The zero-order valence-electron chi connectivity index (χ0n) is 7.95. The Bertz CT molecular complexity index is 308. The molecular weight excluding hydrogens is 164 g/mol. The second-order valence-electron chi connectivity index (χ2n) is 2.66. The van der Waals surface area contributed by atoms with Gasteiger partial charge in [0.2, 0.25) is 0 Å². The van der Waals surface area contributed by atoms with E-state index in [0.717, 1.165) is 23.4 Å². The number of oxime groups is 1. The number of nitrogen functional groups attached to an aromatic ring is 1. The smallest absolute Gasteiger partial charge is 0.106 e. The lowest BCUT2D eigenvalue weighted by atomic mass is 10.1. The third-order valence-electron chi connectivity index (χ3n) is 1.81. The number of nitrogens with two attached hydrogens (primary N) is 1. The van der Waals surface area contributed by atoms with Crippen LogP contribution in [0.15, 0.2) is 29.4 Å². The predicted molar refractivity (Wildman–Crippen MR) is 54.7 cm³/mol. The summed E-state index contributed by atoms with van der Waals surface area (Å²) in [5, 5.41) is 3.91.